The molecule has 0 aromatic heterocycles. The van der Waals surface area contributed by atoms with Gasteiger partial charge in [-0.15, -0.1) is 0 Å². The number of nitrogens with zero attached hydrogens (tertiary/aromatic N) is 1. The first-order valence-electron chi connectivity index (χ1n) is 9.09. The van der Waals surface area contributed by atoms with Gasteiger partial charge in [0, 0.05) is 11.3 Å². The number of para-hydroxylation sites is 1. The molecule has 0 saturated carbocycles. The van der Waals surface area contributed by atoms with Crippen molar-refractivity contribution in [3.8, 4) is 0 Å². The van der Waals surface area contributed by atoms with Gasteiger partial charge in [-0.3, -0.25) is 9.59 Å². The van der Waals surface area contributed by atoms with Gasteiger partial charge in [-0.25, -0.2) is 17.1 Å². The lowest BCUT2D eigenvalue weighted by molar-refractivity contribution is -0.126. The molecule has 0 saturated heterocycles. The molecule has 1 heterocycles. The fraction of sp³-hybridized carbons (Fsp3) is 0.238. The Bertz CT molecular complexity index is 1120. The summed E-state index contributed by atoms with van der Waals surface area (Å²) in [6.45, 7) is 4.53. The molecule has 0 aliphatic carbocycles. The topological polar surface area (TPSA) is 83.6 Å². The maximum Gasteiger partial charge on any atom is 0.268 e. The molecule has 152 valence electrons. The van der Waals surface area contributed by atoms with Gasteiger partial charge < -0.3 is 5.32 Å². The van der Waals surface area contributed by atoms with E-state index in [2.05, 4.69) is 5.32 Å². The van der Waals surface area contributed by atoms with Crippen molar-refractivity contribution in [2.24, 2.45) is 0 Å². The second kappa shape index (κ2) is 7.79. The zero-order valence-electron chi connectivity index (χ0n) is 16.3. The summed E-state index contributed by atoms with van der Waals surface area (Å²) in [6, 6.07) is 10.4. The summed E-state index contributed by atoms with van der Waals surface area (Å²) >= 11 is 0. The normalized spacial score (nSPS) is 15.7. The van der Waals surface area contributed by atoms with E-state index in [1.54, 1.807) is 0 Å². The Balaban J connectivity index is 1.87. The summed E-state index contributed by atoms with van der Waals surface area (Å²) in [4.78, 5) is 25.0. The van der Waals surface area contributed by atoms with Crippen LogP contribution in [0.4, 0.5) is 10.1 Å². The standard InChI is InChI=1S/C21H21FN2O4S/c1-4-15-7-5-6-13(2)19(15)23-18(25)12-24-21(26)14(3)20(29(24,27)28)16-8-10-17(22)11-9-16/h5-11H,4,12H2,1-3H3,(H,23,25). The monoisotopic (exact) mass is 416 g/mol. The molecule has 0 atom stereocenters. The first kappa shape index (κ1) is 20.7. The second-order valence-corrected chi connectivity index (χ2v) is 8.59. The fourth-order valence-electron chi connectivity index (χ4n) is 3.33. The van der Waals surface area contributed by atoms with E-state index in [1.807, 2.05) is 32.0 Å². The van der Waals surface area contributed by atoms with Crippen molar-refractivity contribution in [3.63, 3.8) is 0 Å². The summed E-state index contributed by atoms with van der Waals surface area (Å²) in [7, 11) is -4.23. The van der Waals surface area contributed by atoms with Crippen molar-refractivity contribution in [2.75, 3.05) is 11.9 Å². The molecular weight excluding hydrogens is 395 g/mol. The molecular formula is C21H21FN2O4S. The first-order chi connectivity index (χ1) is 13.7. The third kappa shape index (κ3) is 3.80. The highest BCUT2D eigenvalue weighted by Gasteiger charge is 2.43. The van der Waals surface area contributed by atoms with Crippen LogP contribution in [-0.4, -0.2) is 31.1 Å². The molecule has 8 heteroatoms. The van der Waals surface area contributed by atoms with Crippen LogP contribution in [0.25, 0.3) is 4.91 Å². The van der Waals surface area contributed by atoms with Gasteiger partial charge in [0.2, 0.25) is 5.91 Å². The number of hydrogen-bond donors (Lipinski definition) is 1. The summed E-state index contributed by atoms with van der Waals surface area (Å²) in [5, 5.41) is 2.73. The predicted octanol–water partition coefficient (Wildman–Crippen LogP) is 3.24. The molecule has 0 bridgehead atoms. The van der Waals surface area contributed by atoms with Gasteiger partial charge in [-0.2, -0.15) is 0 Å². The molecule has 2 aromatic rings. The van der Waals surface area contributed by atoms with Gasteiger partial charge in [0.05, 0.1) is 0 Å². The number of rotatable bonds is 5. The molecule has 2 amide bonds. The molecule has 0 radical (unpaired) electrons. The summed E-state index contributed by atoms with van der Waals surface area (Å²) < 4.78 is 39.7. The summed E-state index contributed by atoms with van der Waals surface area (Å²) in [5.74, 6) is -1.89. The minimum absolute atomic E-state index is 0.00505. The molecule has 6 nitrogen and oxygen atoms in total. The number of aryl methyl sites for hydroxylation is 2. The average Bonchev–Trinajstić information content (AvgIpc) is 2.84. The number of hydrogen-bond acceptors (Lipinski definition) is 4. The number of amides is 2. The molecule has 0 spiro atoms. The van der Waals surface area contributed by atoms with Crippen LogP contribution in [0.2, 0.25) is 0 Å². The van der Waals surface area contributed by atoms with Gasteiger partial charge in [-0.05, 0) is 49.1 Å². The third-order valence-corrected chi connectivity index (χ3v) is 6.77. The van der Waals surface area contributed by atoms with Crippen molar-refractivity contribution in [3.05, 3.63) is 70.5 Å². The van der Waals surface area contributed by atoms with E-state index in [-0.39, 0.29) is 16.0 Å². The van der Waals surface area contributed by atoms with Crippen molar-refractivity contribution < 1.29 is 22.4 Å². The zero-order chi connectivity index (χ0) is 21.3. The van der Waals surface area contributed by atoms with E-state index in [4.69, 9.17) is 0 Å². The van der Waals surface area contributed by atoms with Crippen LogP contribution in [0.15, 0.2) is 48.0 Å². The number of benzene rings is 2. The number of carbonyl (C=O) groups excluding carboxylic acids is 2. The van der Waals surface area contributed by atoms with Crippen molar-refractivity contribution in [1.82, 2.24) is 4.31 Å². The SMILES string of the molecule is CCc1cccc(C)c1NC(=O)CN1C(=O)C(C)=C(c2ccc(F)cc2)S1(=O)=O. The molecule has 0 unspecified atom stereocenters. The fourth-order valence-corrected chi connectivity index (χ4v) is 5.10. The Hall–Kier alpha value is -3.00. The zero-order valence-corrected chi connectivity index (χ0v) is 17.1. The minimum Gasteiger partial charge on any atom is -0.324 e. The van der Waals surface area contributed by atoms with E-state index in [1.165, 1.54) is 19.1 Å². The quantitative estimate of drug-likeness (QED) is 0.811. The van der Waals surface area contributed by atoms with Gasteiger partial charge >= 0.3 is 0 Å². The smallest absolute Gasteiger partial charge is 0.268 e. The van der Waals surface area contributed by atoms with Gasteiger partial charge in [0.1, 0.15) is 17.3 Å². The molecule has 1 aliphatic rings. The van der Waals surface area contributed by atoms with E-state index < -0.39 is 34.2 Å². The molecule has 2 aromatic carbocycles. The highest BCUT2D eigenvalue weighted by Crippen LogP contribution is 2.35. The van der Waals surface area contributed by atoms with Crippen LogP contribution in [-0.2, 0) is 26.0 Å². The summed E-state index contributed by atoms with van der Waals surface area (Å²) in [6.07, 6.45) is 0.688. The van der Waals surface area contributed by atoms with Crippen molar-refractivity contribution in [2.45, 2.75) is 27.2 Å². The largest absolute Gasteiger partial charge is 0.324 e. The number of halogens is 1. The molecule has 1 N–H and O–H groups in total. The lowest BCUT2D eigenvalue weighted by Gasteiger charge is -2.18. The highest BCUT2D eigenvalue weighted by atomic mass is 32.2. The average molecular weight is 416 g/mol. The Morgan fingerprint density at radius 1 is 1.10 bits per heavy atom. The number of anilines is 1. The maximum atomic E-state index is 13.2. The van der Waals surface area contributed by atoms with Crippen LogP contribution in [0.1, 0.15) is 30.5 Å². The summed E-state index contributed by atoms with van der Waals surface area (Å²) in [5.41, 5.74) is 2.57. The second-order valence-electron chi connectivity index (χ2n) is 6.79. The molecule has 1 aliphatic heterocycles. The Morgan fingerprint density at radius 3 is 2.38 bits per heavy atom. The van der Waals surface area contributed by atoms with Crippen molar-refractivity contribution in [1.29, 1.82) is 0 Å². The maximum absolute atomic E-state index is 13.2. The lowest BCUT2D eigenvalue weighted by Crippen LogP contribution is -2.38. The molecule has 0 fully saturated rings. The number of sulfonamides is 1. The van der Waals surface area contributed by atoms with Gasteiger partial charge in [0.15, 0.2) is 0 Å². The first-order valence-corrected chi connectivity index (χ1v) is 10.5. The third-order valence-electron chi connectivity index (χ3n) is 4.83. The Labute approximate surface area is 169 Å². The minimum atomic E-state index is -4.23. The van der Waals surface area contributed by atoms with E-state index >= 15 is 0 Å². The number of nitrogens with one attached hydrogen (secondary N) is 1. The van der Waals surface area contributed by atoms with E-state index in [0.29, 0.717) is 16.4 Å². The Morgan fingerprint density at radius 2 is 1.76 bits per heavy atom. The lowest BCUT2D eigenvalue weighted by atomic mass is 10.1. The van der Waals surface area contributed by atoms with Gasteiger partial charge in [0.25, 0.3) is 15.9 Å². The van der Waals surface area contributed by atoms with E-state index in [9.17, 15) is 22.4 Å². The van der Waals surface area contributed by atoms with Crippen molar-refractivity contribution >= 4 is 32.4 Å². The molecule has 29 heavy (non-hydrogen) atoms. The van der Waals surface area contributed by atoms with Crippen LogP contribution in [0.3, 0.4) is 0 Å². The van der Waals surface area contributed by atoms with Crippen LogP contribution < -0.4 is 5.32 Å². The van der Waals surface area contributed by atoms with E-state index in [0.717, 1.165) is 23.3 Å². The van der Waals surface area contributed by atoms with Crippen LogP contribution in [0, 0.1) is 12.7 Å². The van der Waals surface area contributed by atoms with Crippen LogP contribution >= 0.6 is 0 Å². The molecule has 3 rings (SSSR count). The Kier molecular flexibility index (Phi) is 5.57. The highest BCUT2D eigenvalue weighted by molar-refractivity contribution is 7.99. The predicted molar refractivity (Wildman–Crippen MR) is 109 cm³/mol. The van der Waals surface area contributed by atoms with Gasteiger partial charge in [-0.1, -0.05) is 37.3 Å². The number of carbonyl (C=O) groups is 2. The van der Waals surface area contributed by atoms with Crippen LogP contribution in [0.5, 0.6) is 0 Å².